The van der Waals surface area contributed by atoms with Gasteiger partial charge < -0.3 is 10.6 Å². The van der Waals surface area contributed by atoms with Crippen LogP contribution in [0.3, 0.4) is 0 Å². The molecule has 0 spiro atoms. The largest absolute Gasteiger partial charge is 0.324 e. The van der Waals surface area contributed by atoms with Crippen molar-refractivity contribution in [1.82, 2.24) is 9.97 Å². The van der Waals surface area contributed by atoms with Gasteiger partial charge in [-0.2, -0.15) is 0 Å². The Morgan fingerprint density at radius 1 is 1.04 bits per heavy atom. The number of rotatable bonds is 4. The molecule has 3 rings (SSSR count). The molecule has 0 saturated carbocycles. The first kappa shape index (κ1) is 17.1. The molecule has 0 saturated heterocycles. The normalized spacial score (nSPS) is 10.4. The first-order valence-corrected chi connectivity index (χ1v) is 8.54. The molecule has 2 N–H and O–H groups in total. The molecule has 126 valence electrons. The van der Waals surface area contributed by atoms with E-state index < -0.39 is 0 Å². The minimum atomic E-state index is -0.234. The van der Waals surface area contributed by atoms with E-state index in [0.29, 0.717) is 11.5 Å². The molecule has 0 aliphatic carbocycles. The van der Waals surface area contributed by atoms with Gasteiger partial charge in [0.2, 0.25) is 5.95 Å². The van der Waals surface area contributed by atoms with Crippen LogP contribution in [0.4, 0.5) is 17.3 Å². The standard InChI is InChI=1S/C19H17BrN4O/c1-12-6-7-13(2)17(8-12)24-18(25)14-10-21-19(22-11-14)23-16-5-3-4-15(20)9-16/h3-11H,1-2H3,(H,24,25)(H,21,22,23). The number of benzene rings is 2. The van der Waals surface area contributed by atoms with Crippen LogP contribution >= 0.6 is 15.9 Å². The maximum absolute atomic E-state index is 12.4. The highest BCUT2D eigenvalue weighted by atomic mass is 79.9. The highest BCUT2D eigenvalue weighted by molar-refractivity contribution is 9.10. The average molecular weight is 397 g/mol. The van der Waals surface area contributed by atoms with Crippen LogP contribution in [-0.4, -0.2) is 15.9 Å². The lowest BCUT2D eigenvalue weighted by Crippen LogP contribution is -2.14. The molecule has 0 bridgehead atoms. The second-order valence-corrected chi connectivity index (χ2v) is 6.62. The fraction of sp³-hybridized carbons (Fsp3) is 0.105. The summed E-state index contributed by atoms with van der Waals surface area (Å²) in [5.41, 5.74) is 4.16. The van der Waals surface area contributed by atoms with Crippen molar-refractivity contribution in [3.05, 3.63) is 76.0 Å². The van der Waals surface area contributed by atoms with Gasteiger partial charge >= 0.3 is 0 Å². The maximum Gasteiger partial charge on any atom is 0.258 e. The smallest absolute Gasteiger partial charge is 0.258 e. The third-order valence-corrected chi connectivity index (χ3v) is 4.13. The number of halogens is 1. The Bertz CT molecular complexity index is 910. The molecule has 0 atom stereocenters. The van der Waals surface area contributed by atoms with Crippen molar-refractivity contribution >= 4 is 39.2 Å². The first-order valence-electron chi connectivity index (χ1n) is 7.74. The number of carbonyl (C=O) groups excluding carboxylic acids is 1. The van der Waals surface area contributed by atoms with Crippen molar-refractivity contribution in [2.45, 2.75) is 13.8 Å². The van der Waals surface area contributed by atoms with E-state index in [9.17, 15) is 4.79 Å². The molecule has 2 aromatic carbocycles. The Hall–Kier alpha value is -2.73. The number of hydrogen-bond acceptors (Lipinski definition) is 4. The van der Waals surface area contributed by atoms with Crippen LogP contribution in [0.25, 0.3) is 0 Å². The van der Waals surface area contributed by atoms with E-state index in [1.165, 1.54) is 12.4 Å². The van der Waals surface area contributed by atoms with E-state index in [-0.39, 0.29) is 5.91 Å². The molecule has 5 nitrogen and oxygen atoms in total. The van der Waals surface area contributed by atoms with Crippen molar-refractivity contribution in [2.24, 2.45) is 0 Å². The van der Waals surface area contributed by atoms with Crippen molar-refractivity contribution in [3.63, 3.8) is 0 Å². The van der Waals surface area contributed by atoms with Crippen molar-refractivity contribution in [2.75, 3.05) is 10.6 Å². The first-order chi connectivity index (χ1) is 12.0. The van der Waals surface area contributed by atoms with Crippen LogP contribution < -0.4 is 10.6 Å². The fourth-order valence-electron chi connectivity index (χ4n) is 2.27. The van der Waals surface area contributed by atoms with Crippen LogP contribution in [0.15, 0.2) is 59.3 Å². The van der Waals surface area contributed by atoms with Crippen LogP contribution in [0.1, 0.15) is 21.5 Å². The molecule has 0 unspecified atom stereocenters. The molecule has 3 aromatic rings. The van der Waals surface area contributed by atoms with Gasteiger partial charge in [0.15, 0.2) is 0 Å². The summed E-state index contributed by atoms with van der Waals surface area (Å²) in [6, 6.07) is 13.6. The maximum atomic E-state index is 12.4. The summed E-state index contributed by atoms with van der Waals surface area (Å²) < 4.78 is 0.960. The van der Waals surface area contributed by atoms with Gasteiger partial charge in [0.05, 0.1) is 5.56 Å². The molecular formula is C19H17BrN4O. The van der Waals surface area contributed by atoms with E-state index in [1.807, 2.05) is 56.3 Å². The monoisotopic (exact) mass is 396 g/mol. The van der Waals surface area contributed by atoms with Gasteiger partial charge in [-0.05, 0) is 49.2 Å². The molecule has 1 aromatic heterocycles. The lowest BCUT2D eigenvalue weighted by molar-refractivity contribution is 0.102. The number of nitrogens with one attached hydrogen (secondary N) is 2. The molecule has 0 fully saturated rings. The highest BCUT2D eigenvalue weighted by Gasteiger charge is 2.09. The predicted octanol–water partition coefficient (Wildman–Crippen LogP) is 4.85. The second kappa shape index (κ2) is 7.44. The molecule has 0 radical (unpaired) electrons. The van der Waals surface area contributed by atoms with Gasteiger partial charge in [-0.1, -0.05) is 34.1 Å². The third kappa shape index (κ3) is 4.42. The zero-order valence-corrected chi connectivity index (χ0v) is 15.5. The second-order valence-electron chi connectivity index (χ2n) is 5.70. The zero-order chi connectivity index (χ0) is 17.8. The summed E-state index contributed by atoms with van der Waals surface area (Å²) >= 11 is 3.41. The Balaban J connectivity index is 1.71. The number of carbonyl (C=O) groups is 1. The Morgan fingerprint density at radius 2 is 1.80 bits per heavy atom. The average Bonchev–Trinajstić information content (AvgIpc) is 2.59. The summed E-state index contributed by atoms with van der Waals surface area (Å²) in [5.74, 6) is 0.198. The molecule has 6 heteroatoms. The molecule has 0 aliphatic heterocycles. The molecule has 0 aliphatic rings. The number of amides is 1. The molecule has 1 heterocycles. The van der Waals surface area contributed by atoms with Gasteiger partial charge in [-0.3, -0.25) is 4.79 Å². The van der Waals surface area contributed by atoms with E-state index in [2.05, 4.69) is 36.5 Å². The minimum Gasteiger partial charge on any atom is -0.324 e. The van der Waals surface area contributed by atoms with E-state index in [4.69, 9.17) is 0 Å². The zero-order valence-electron chi connectivity index (χ0n) is 13.9. The summed E-state index contributed by atoms with van der Waals surface area (Å²) in [6.45, 7) is 3.94. The Labute approximate surface area is 154 Å². The summed E-state index contributed by atoms with van der Waals surface area (Å²) in [5, 5.41) is 5.99. The van der Waals surface area contributed by atoms with Gasteiger partial charge in [0.25, 0.3) is 5.91 Å². The van der Waals surface area contributed by atoms with Crippen LogP contribution in [0.2, 0.25) is 0 Å². The van der Waals surface area contributed by atoms with Crippen molar-refractivity contribution in [3.8, 4) is 0 Å². The lowest BCUT2D eigenvalue weighted by Gasteiger charge is -2.09. The molecule has 1 amide bonds. The quantitative estimate of drug-likeness (QED) is 0.661. The van der Waals surface area contributed by atoms with Gasteiger partial charge in [-0.25, -0.2) is 9.97 Å². The van der Waals surface area contributed by atoms with Crippen LogP contribution in [0, 0.1) is 13.8 Å². The SMILES string of the molecule is Cc1ccc(C)c(NC(=O)c2cnc(Nc3cccc(Br)c3)nc2)c1. The topological polar surface area (TPSA) is 66.9 Å². The van der Waals surface area contributed by atoms with Crippen LogP contribution in [-0.2, 0) is 0 Å². The summed E-state index contributed by atoms with van der Waals surface area (Å²) in [6.07, 6.45) is 3.02. The number of anilines is 3. The van der Waals surface area contributed by atoms with Crippen molar-refractivity contribution < 1.29 is 4.79 Å². The van der Waals surface area contributed by atoms with Gasteiger partial charge in [-0.15, -0.1) is 0 Å². The third-order valence-electron chi connectivity index (χ3n) is 3.64. The summed E-state index contributed by atoms with van der Waals surface area (Å²) in [4.78, 5) is 20.8. The molecular weight excluding hydrogens is 380 g/mol. The van der Waals surface area contributed by atoms with Crippen LogP contribution in [0.5, 0.6) is 0 Å². The number of nitrogens with zero attached hydrogens (tertiary/aromatic N) is 2. The fourth-order valence-corrected chi connectivity index (χ4v) is 2.67. The van der Waals surface area contributed by atoms with E-state index in [0.717, 1.165) is 27.0 Å². The lowest BCUT2D eigenvalue weighted by atomic mass is 10.1. The molecule has 25 heavy (non-hydrogen) atoms. The Morgan fingerprint density at radius 3 is 2.52 bits per heavy atom. The number of aromatic nitrogens is 2. The number of aryl methyl sites for hydroxylation is 2. The van der Waals surface area contributed by atoms with Gasteiger partial charge in [0.1, 0.15) is 0 Å². The summed E-state index contributed by atoms with van der Waals surface area (Å²) in [7, 11) is 0. The van der Waals surface area contributed by atoms with E-state index >= 15 is 0 Å². The van der Waals surface area contributed by atoms with E-state index in [1.54, 1.807) is 0 Å². The predicted molar refractivity (Wildman–Crippen MR) is 103 cm³/mol. The van der Waals surface area contributed by atoms with Crippen molar-refractivity contribution in [1.29, 1.82) is 0 Å². The Kier molecular flexibility index (Phi) is 5.09. The number of hydrogen-bond donors (Lipinski definition) is 2. The minimum absolute atomic E-state index is 0.234. The highest BCUT2D eigenvalue weighted by Crippen LogP contribution is 2.19. The van der Waals surface area contributed by atoms with Gasteiger partial charge in [0, 0.05) is 28.2 Å².